The van der Waals surface area contributed by atoms with Gasteiger partial charge in [0.05, 0.1) is 12.0 Å². The number of carbonyl (C=O) groups is 1. The Morgan fingerprint density at radius 2 is 2.56 bits per heavy atom. The van der Waals surface area contributed by atoms with Crippen LogP contribution < -0.4 is 5.32 Å². The van der Waals surface area contributed by atoms with E-state index in [1.54, 1.807) is 0 Å². The summed E-state index contributed by atoms with van der Waals surface area (Å²) in [5.41, 5.74) is -0.0347. The first-order chi connectivity index (χ1) is 4.23. The highest BCUT2D eigenvalue weighted by atomic mass is 16.6. The number of amides is 1. The monoisotopic (exact) mass is 125 g/mol. The summed E-state index contributed by atoms with van der Waals surface area (Å²) < 4.78 is 5.29. The van der Waals surface area contributed by atoms with Gasteiger partial charge in [0.2, 0.25) is 5.91 Å². The maximum Gasteiger partial charge on any atom is 0.228 e. The standard InChI is InChI=1S/C6H7NO2/c1-6-2-3(4(6)9-6)7-5(2)8/h2-4H,1H3,(H,7,8). The van der Waals surface area contributed by atoms with Crippen LogP contribution in [0.3, 0.4) is 0 Å². The Hall–Kier alpha value is -0.570. The lowest BCUT2D eigenvalue weighted by Crippen LogP contribution is -2.73. The summed E-state index contributed by atoms with van der Waals surface area (Å²) in [6.07, 6.45) is 0.361. The average molecular weight is 125 g/mol. The van der Waals surface area contributed by atoms with Gasteiger partial charge in [-0.15, -0.1) is 0 Å². The number of piperidine rings is 1. The van der Waals surface area contributed by atoms with E-state index >= 15 is 0 Å². The van der Waals surface area contributed by atoms with Gasteiger partial charge in [0.25, 0.3) is 0 Å². The van der Waals surface area contributed by atoms with Gasteiger partial charge in [-0.05, 0) is 6.92 Å². The molecular weight excluding hydrogens is 118 g/mol. The highest BCUT2D eigenvalue weighted by molar-refractivity contribution is 5.91. The number of hydrogen-bond acceptors (Lipinski definition) is 2. The highest BCUT2D eigenvalue weighted by Crippen LogP contribution is 2.61. The van der Waals surface area contributed by atoms with Crippen molar-refractivity contribution in [2.75, 3.05) is 0 Å². The summed E-state index contributed by atoms with van der Waals surface area (Å²) in [7, 11) is 0. The molecule has 0 radical (unpaired) electrons. The van der Waals surface area contributed by atoms with Crippen molar-refractivity contribution in [2.45, 2.75) is 24.7 Å². The Morgan fingerprint density at radius 1 is 1.78 bits per heavy atom. The Kier molecular flexibility index (Phi) is 0.387. The molecular formula is C6H7NO2. The van der Waals surface area contributed by atoms with Gasteiger partial charge in [-0.2, -0.15) is 0 Å². The predicted molar refractivity (Wildman–Crippen MR) is 28.7 cm³/mol. The molecule has 1 saturated carbocycles. The highest BCUT2D eigenvalue weighted by Gasteiger charge is 2.81. The Labute approximate surface area is 52.4 Å². The van der Waals surface area contributed by atoms with E-state index in [-0.39, 0.29) is 17.4 Å². The lowest BCUT2D eigenvalue weighted by Gasteiger charge is -2.45. The van der Waals surface area contributed by atoms with Crippen molar-refractivity contribution < 1.29 is 9.53 Å². The summed E-state index contributed by atoms with van der Waals surface area (Å²) in [5.74, 6) is 0.374. The second-order valence-corrected chi connectivity index (χ2v) is 3.23. The van der Waals surface area contributed by atoms with Gasteiger partial charge in [0, 0.05) is 0 Å². The fourth-order valence-electron chi connectivity index (χ4n) is 2.07. The SMILES string of the molecule is CC12OC1C1NC(=O)C12. The van der Waals surface area contributed by atoms with Crippen LogP contribution in [0, 0.1) is 5.92 Å². The number of rotatable bonds is 0. The number of fused-ring (bicyclic) bond motifs is 4. The molecule has 4 atom stereocenters. The molecule has 1 N–H and O–H groups in total. The third-order valence-electron chi connectivity index (χ3n) is 2.78. The fourth-order valence-corrected chi connectivity index (χ4v) is 2.07. The van der Waals surface area contributed by atoms with Crippen molar-refractivity contribution in [2.24, 2.45) is 5.92 Å². The zero-order chi connectivity index (χ0) is 6.22. The molecule has 3 nitrogen and oxygen atoms in total. The molecule has 3 heteroatoms. The molecule has 3 rings (SSSR count). The van der Waals surface area contributed by atoms with Crippen LogP contribution in [0.15, 0.2) is 0 Å². The third kappa shape index (κ3) is 0.237. The van der Waals surface area contributed by atoms with E-state index in [1.165, 1.54) is 0 Å². The Balaban J connectivity index is 2.00. The minimum absolute atomic E-state index is 0.0347. The minimum atomic E-state index is -0.0347. The van der Waals surface area contributed by atoms with Gasteiger partial charge in [-0.1, -0.05) is 0 Å². The van der Waals surface area contributed by atoms with Crippen molar-refractivity contribution in [1.82, 2.24) is 5.32 Å². The van der Waals surface area contributed by atoms with E-state index in [4.69, 9.17) is 4.74 Å². The van der Waals surface area contributed by atoms with Crippen molar-refractivity contribution in [1.29, 1.82) is 0 Å². The van der Waals surface area contributed by atoms with Crippen LogP contribution >= 0.6 is 0 Å². The van der Waals surface area contributed by atoms with E-state index in [1.807, 2.05) is 6.92 Å². The van der Waals surface area contributed by atoms with E-state index in [9.17, 15) is 4.79 Å². The fraction of sp³-hybridized carbons (Fsp3) is 0.833. The molecule has 2 saturated heterocycles. The van der Waals surface area contributed by atoms with Crippen molar-refractivity contribution >= 4 is 5.91 Å². The maximum atomic E-state index is 10.7. The van der Waals surface area contributed by atoms with Crippen LogP contribution in [0.4, 0.5) is 0 Å². The number of carbonyl (C=O) groups excluding carboxylic acids is 1. The number of nitrogens with one attached hydrogen (secondary N) is 1. The molecule has 1 amide bonds. The maximum absolute atomic E-state index is 10.7. The molecule has 2 aliphatic heterocycles. The lowest BCUT2D eigenvalue weighted by molar-refractivity contribution is -0.141. The quantitative estimate of drug-likeness (QED) is 0.342. The second-order valence-electron chi connectivity index (χ2n) is 3.23. The molecule has 0 aromatic rings. The average Bonchev–Trinajstić information content (AvgIpc) is 2.29. The van der Waals surface area contributed by atoms with E-state index in [0.29, 0.717) is 12.1 Å². The molecule has 0 bridgehead atoms. The predicted octanol–water partition coefficient (Wildman–Crippen LogP) is -0.728. The lowest BCUT2D eigenvalue weighted by atomic mass is 9.64. The van der Waals surface area contributed by atoms with Crippen LogP contribution in [0.1, 0.15) is 6.92 Å². The van der Waals surface area contributed by atoms with E-state index in [0.717, 1.165) is 0 Å². The summed E-state index contributed by atoms with van der Waals surface area (Å²) in [4.78, 5) is 10.7. The molecule has 48 valence electrons. The van der Waals surface area contributed by atoms with Gasteiger partial charge in [0.15, 0.2) is 0 Å². The van der Waals surface area contributed by atoms with Gasteiger partial charge in [0.1, 0.15) is 11.7 Å². The molecule has 2 heterocycles. The zero-order valence-corrected chi connectivity index (χ0v) is 5.05. The molecule has 3 fully saturated rings. The first-order valence-electron chi connectivity index (χ1n) is 3.22. The van der Waals surface area contributed by atoms with Gasteiger partial charge in [-0.3, -0.25) is 4.79 Å². The minimum Gasteiger partial charge on any atom is -0.363 e. The summed E-state index contributed by atoms with van der Waals surface area (Å²) >= 11 is 0. The number of ether oxygens (including phenoxy) is 1. The first-order valence-corrected chi connectivity index (χ1v) is 3.22. The van der Waals surface area contributed by atoms with E-state index < -0.39 is 0 Å². The molecule has 9 heavy (non-hydrogen) atoms. The summed E-state index contributed by atoms with van der Waals surface area (Å²) in [6, 6.07) is 0.377. The molecule has 0 aromatic heterocycles. The number of epoxide rings is 1. The summed E-state index contributed by atoms with van der Waals surface area (Å²) in [6.45, 7) is 2.01. The molecule has 4 unspecified atom stereocenters. The van der Waals surface area contributed by atoms with E-state index in [2.05, 4.69) is 5.32 Å². The normalized spacial score (nSPS) is 66.3. The molecule has 3 aliphatic rings. The molecule has 0 spiro atoms. The molecule has 1 aliphatic carbocycles. The Morgan fingerprint density at radius 3 is 3.00 bits per heavy atom. The number of β-lactam (4-membered cyclic amide) rings is 1. The zero-order valence-electron chi connectivity index (χ0n) is 5.05. The number of hydrogen-bond donors (Lipinski definition) is 1. The van der Waals surface area contributed by atoms with Gasteiger partial charge in [-0.25, -0.2) is 0 Å². The van der Waals surface area contributed by atoms with Crippen LogP contribution in [0.2, 0.25) is 0 Å². The van der Waals surface area contributed by atoms with Crippen LogP contribution in [0.5, 0.6) is 0 Å². The molecule has 0 aromatic carbocycles. The van der Waals surface area contributed by atoms with Crippen LogP contribution in [-0.4, -0.2) is 23.7 Å². The van der Waals surface area contributed by atoms with Gasteiger partial charge < -0.3 is 10.1 Å². The van der Waals surface area contributed by atoms with Crippen LogP contribution in [0.25, 0.3) is 0 Å². The van der Waals surface area contributed by atoms with Crippen molar-refractivity contribution in [3.8, 4) is 0 Å². The second kappa shape index (κ2) is 0.814. The Bertz CT molecular complexity index is 215. The third-order valence-corrected chi connectivity index (χ3v) is 2.78. The first kappa shape index (κ1) is 4.28. The van der Waals surface area contributed by atoms with Crippen molar-refractivity contribution in [3.63, 3.8) is 0 Å². The van der Waals surface area contributed by atoms with Gasteiger partial charge >= 0.3 is 0 Å². The topological polar surface area (TPSA) is 41.6 Å². The smallest absolute Gasteiger partial charge is 0.228 e. The van der Waals surface area contributed by atoms with Crippen LogP contribution in [-0.2, 0) is 9.53 Å². The largest absolute Gasteiger partial charge is 0.363 e. The van der Waals surface area contributed by atoms with Crippen molar-refractivity contribution in [3.05, 3.63) is 0 Å². The summed E-state index contributed by atoms with van der Waals surface area (Å²) in [5, 5.41) is 2.79.